The minimum Gasteiger partial charge on any atom is -0.490 e. The van der Waals surface area contributed by atoms with Gasteiger partial charge in [0.1, 0.15) is 18.2 Å². The lowest BCUT2D eigenvalue weighted by molar-refractivity contribution is 0.153. The van der Waals surface area contributed by atoms with Crippen LogP contribution in [0.15, 0.2) is 36.7 Å². The zero-order valence-corrected chi connectivity index (χ0v) is 19.7. The highest BCUT2D eigenvalue weighted by atomic mass is 35.5. The molecular weight excluding hydrogens is 457 g/mol. The Balaban J connectivity index is 1.45. The first-order valence-corrected chi connectivity index (χ1v) is 12.3. The van der Waals surface area contributed by atoms with Gasteiger partial charge in [0.15, 0.2) is 17.3 Å². The summed E-state index contributed by atoms with van der Waals surface area (Å²) in [4.78, 5) is 8.79. The second kappa shape index (κ2) is 10.7. The summed E-state index contributed by atoms with van der Waals surface area (Å²) in [6, 6.07) is 9.08. The Labute approximate surface area is 203 Å². The number of piperidine rings is 1. The summed E-state index contributed by atoms with van der Waals surface area (Å²) in [5.41, 5.74) is 0.936. The van der Waals surface area contributed by atoms with Crippen molar-refractivity contribution in [2.24, 2.45) is 0 Å². The van der Waals surface area contributed by atoms with Crippen molar-refractivity contribution in [2.45, 2.75) is 44.2 Å². The standard InChI is InChI=1S/C25H29ClFN5O2/c26-19-4-1-5-20(24(19)27)32-25-18-13-22(33-12-8-16-3-2-9-29-16)23(14-21(18)30-15-31-25)34-17-6-10-28-11-7-17/h1,4-5,13-17,28-29H,2-3,6-12H2,(H,30,31,32). The van der Waals surface area contributed by atoms with Crippen molar-refractivity contribution in [1.29, 1.82) is 0 Å². The van der Waals surface area contributed by atoms with Crippen LogP contribution in [0.1, 0.15) is 32.1 Å². The molecule has 0 spiro atoms. The minimum absolute atomic E-state index is 0.0468. The van der Waals surface area contributed by atoms with E-state index in [0.717, 1.165) is 38.9 Å². The molecule has 2 aromatic carbocycles. The summed E-state index contributed by atoms with van der Waals surface area (Å²) < 4.78 is 27.1. The van der Waals surface area contributed by atoms with Crippen LogP contribution in [0.2, 0.25) is 5.02 Å². The monoisotopic (exact) mass is 485 g/mol. The van der Waals surface area contributed by atoms with Gasteiger partial charge in [-0.2, -0.15) is 0 Å². The first kappa shape index (κ1) is 23.1. The Morgan fingerprint density at radius 1 is 1.09 bits per heavy atom. The van der Waals surface area contributed by atoms with Crippen LogP contribution >= 0.6 is 11.6 Å². The number of hydrogen-bond donors (Lipinski definition) is 3. The number of nitrogens with one attached hydrogen (secondary N) is 3. The largest absolute Gasteiger partial charge is 0.490 e. The molecule has 0 saturated carbocycles. The third kappa shape index (κ3) is 5.35. The second-order valence-electron chi connectivity index (χ2n) is 8.76. The number of anilines is 2. The number of nitrogens with zero attached hydrogens (tertiary/aromatic N) is 2. The maximum absolute atomic E-state index is 14.5. The third-order valence-corrected chi connectivity index (χ3v) is 6.66. The van der Waals surface area contributed by atoms with Gasteiger partial charge in [0.2, 0.25) is 0 Å². The van der Waals surface area contributed by atoms with Gasteiger partial charge in [-0.1, -0.05) is 17.7 Å². The lowest BCUT2D eigenvalue weighted by Crippen LogP contribution is -2.34. The van der Waals surface area contributed by atoms with E-state index in [1.807, 2.05) is 12.1 Å². The molecule has 1 aromatic heterocycles. The summed E-state index contributed by atoms with van der Waals surface area (Å²) >= 11 is 5.95. The highest BCUT2D eigenvalue weighted by Crippen LogP contribution is 2.37. The van der Waals surface area contributed by atoms with Gasteiger partial charge in [-0.05, 0) is 69.9 Å². The number of benzene rings is 2. The van der Waals surface area contributed by atoms with E-state index in [0.29, 0.717) is 40.9 Å². The predicted molar refractivity (Wildman–Crippen MR) is 132 cm³/mol. The average molecular weight is 486 g/mol. The van der Waals surface area contributed by atoms with Crippen molar-refractivity contribution < 1.29 is 13.9 Å². The molecule has 180 valence electrons. The maximum atomic E-state index is 14.5. The molecule has 3 heterocycles. The van der Waals surface area contributed by atoms with Crippen LogP contribution in [-0.4, -0.2) is 48.4 Å². The fraction of sp³-hybridized carbons (Fsp3) is 0.440. The van der Waals surface area contributed by atoms with E-state index in [2.05, 4.69) is 25.9 Å². The van der Waals surface area contributed by atoms with E-state index in [1.54, 1.807) is 12.1 Å². The van der Waals surface area contributed by atoms with E-state index in [4.69, 9.17) is 21.1 Å². The van der Waals surface area contributed by atoms with Gasteiger partial charge < -0.3 is 25.4 Å². The number of hydrogen-bond acceptors (Lipinski definition) is 7. The van der Waals surface area contributed by atoms with Crippen LogP contribution in [0.4, 0.5) is 15.9 Å². The van der Waals surface area contributed by atoms with Gasteiger partial charge in [-0.15, -0.1) is 0 Å². The molecule has 1 unspecified atom stereocenters. The molecular formula is C25H29ClFN5O2. The Kier molecular flexibility index (Phi) is 7.27. The van der Waals surface area contributed by atoms with Crippen LogP contribution in [0, 0.1) is 5.82 Å². The van der Waals surface area contributed by atoms with E-state index in [9.17, 15) is 4.39 Å². The number of ether oxygens (including phenoxy) is 2. The number of rotatable bonds is 8. The normalized spacial score (nSPS) is 18.8. The van der Waals surface area contributed by atoms with Crippen LogP contribution in [0.5, 0.6) is 11.5 Å². The van der Waals surface area contributed by atoms with Gasteiger partial charge in [-0.3, -0.25) is 0 Å². The SMILES string of the molecule is Fc1c(Cl)cccc1Nc1ncnc2cc(OC3CCNCC3)c(OCCC3CCCN3)cc12. The zero-order valence-electron chi connectivity index (χ0n) is 18.9. The van der Waals surface area contributed by atoms with Gasteiger partial charge in [0.05, 0.1) is 22.8 Å². The predicted octanol–water partition coefficient (Wildman–Crippen LogP) is 4.82. The van der Waals surface area contributed by atoms with Gasteiger partial charge in [0, 0.05) is 17.5 Å². The molecule has 9 heteroatoms. The number of halogens is 2. The van der Waals surface area contributed by atoms with Gasteiger partial charge >= 0.3 is 0 Å². The Hall–Kier alpha value is -2.68. The van der Waals surface area contributed by atoms with Gasteiger partial charge in [-0.25, -0.2) is 14.4 Å². The van der Waals surface area contributed by atoms with Crippen LogP contribution in [0.25, 0.3) is 10.9 Å². The van der Waals surface area contributed by atoms with E-state index in [-0.39, 0.29) is 16.8 Å². The molecule has 2 fully saturated rings. The molecule has 5 rings (SSSR count). The highest BCUT2D eigenvalue weighted by molar-refractivity contribution is 6.31. The van der Waals surface area contributed by atoms with E-state index in [1.165, 1.54) is 25.2 Å². The number of aromatic nitrogens is 2. The zero-order chi connectivity index (χ0) is 23.3. The minimum atomic E-state index is -0.526. The molecule has 2 saturated heterocycles. The van der Waals surface area contributed by atoms with Crippen LogP contribution < -0.4 is 25.4 Å². The number of fused-ring (bicyclic) bond motifs is 1. The first-order valence-electron chi connectivity index (χ1n) is 11.9. The molecule has 0 aliphatic carbocycles. The van der Waals surface area contributed by atoms with Crippen LogP contribution in [-0.2, 0) is 0 Å². The smallest absolute Gasteiger partial charge is 0.165 e. The van der Waals surface area contributed by atoms with Gasteiger partial charge in [0.25, 0.3) is 0 Å². The second-order valence-corrected chi connectivity index (χ2v) is 9.17. The molecule has 1 atom stereocenters. The summed E-state index contributed by atoms with van der Waals surface area (Å²) in [6.45, 7) is 3.51. The average Bonchev–Trinajstić information content (AvgIpc) is 3.37. The molecule has 2 aliphatic heterocycles. The highest BCUT2D eigenvalue weighted by Gasteiger charge is 2.20. The maximum Gasteiger partial charge on any atom is 0.165 e. The van der Waals surface area contributed by atoms with Crippen molar-refractivity contribution in [3.8, 4) is 11.5 Å². The molecule has 34 heavy (non-hydrogen) atoms. The molecule has 0 radical (unpaired) electrons. The van der Waals surface area contributed by atoms with E-state index < -0.39 is 5.82 Å². The van der Waals surface area contributed by atoms with Crippen molar-refractivity contribution in [3.63, 3.8) is 0 Å². The molecule has 0 bridgehead atoms. The molecule has 2 aliphatic rings. The molecule has 3 aromatic rings. The lowest BCUT2D eigenvalue weighted by Gasteiger charge is -2.25. The third-order valence-electron chi connectivity index (χ3n) is 6.37. The Bertz CT molecular complexity index is 1140. The molecule has 7 nitrogen and oxygen atoms in total. The fourth-order valence-electron chi connectivity index (χ4n) is 4.50. The molecule has 3 N–H and O–H groups in total. The van der Waals surface area contributed by atoms with Crippen molar-refractivity contribution in [1.82, 2.24) is 20.6 Å². The van der Waals surface area contributed by atoms with Crippen molar-refractivity contribution in [2.75, 3.05) is 31.6 Å². The summed E-state index contributed by atoms with van der Waals surface area (Å²) in [5.74, 6) is 1.27. The fourth-order valence-corrected chi connectivity index (χ4v) is 4.68. The van der Waals surface area contributed by atoms with Crippen molar-refractivity contribution in [3.05, 3.63) is 47.5 Å². The summed E-state index contributed by atoms with van der Waals surface area (Å²) in [6.07, 6.45) is 6.76. The van der Waals surface area contributed by atoms with Crippen molar-refractivity contribution >= 4 is 34.0 Å². The first-order chi connectivity index (χ1) is 16.7. The Morgan fingerprint density at radius 2 is 1.97 bits per heavy atom. The topological polar surface area (TPSA) is 80.3 Å². The summed E-state index contributed by atoms with van der Waals surface area (Å²) in [5, 5.41) is 10.7. The lowest BCUT2D eigenvalue weighted by atomic mass is 10.1. The Morgan fingerprint density at radius 3 is 2.79 bits per heavy atom. The quantitative estimate of drug-likeness (QED) is 0.422. The van der Waals surface area contributed by atoms with E-state index >= 15 is 0 Å². The van der Waals surface area contributed by atoms with Crippen LogP contribution in [0.3, 0.4) is 0 Å². The molecule has 0 amide bonds. The summed E-state index contributed by atoms with van der Waals surface area (Å²) in [7, 11) is 0.